The van der Waals surface area contributed by atoms with E-state index in [1.54, 1.807) is 7.11 Å². The molecule has 2 nitrogen and oxygen atoms in total. The second-order valence-corrected chi connectivity index (χ2v) is 5.28. The van der Waals surface area contributed by atoms with E-state index < -0.39 is 0 Å². The Balaban J connectivity index is 2.16. The predicted octanol–water partition coefficient (Wildman–Crippen LogP) is 5.06. The zero-order valence-corrected chi connectivity index (χ0v) is 12.8. The Bertz CT molecular complexity index is 548. The topological polar surface area (TPSA) is 21.3 Å². The average Bonchev–Trinajstić information content (AvgIpc) is 2.55. The number of rotatable bonds is 7. The Morgan fingerprint density at radius 3 is 2.33 bits per heavy atom. The number of nitrogens with one attached hydrogen (secondary N) is 1. The molecule has 0 spiro atoms. The van der Waals surface area contributed by atoms with Gasteiger partial charge in [0.25, 0.3) is 0 Å². The van der Waals surface area contributed by atoms with Crippen LogP contribution in [0.15, 0.2) is 67.3 Å². The van der Waals surface area contributed by atoms with Gasteiger partial charge in [-0.15, -0.1) is 6.58 Å². The van der Waals surface area contributed by atoms with E-state index in [0.29, 0.717) is 5.92 Å². The third-order valence-corrected chi connectivity index (χ3v) is 3.64. The fraction of sp³-hybridized carbons (Fsp3) is 0.263. The van der Waals surface area contributed by atoms with Crippen LogP contribution in [0, 0.1) is 5.92 Å². The minimum atomic E-state index is 0.271. The Kier molecular flexibility index (Phi) is 5.44. The van der Waals surface area contributed by atoms with Crippen LogP contribution in [0.25, 0.3) is 0 Å². The van der Waals surface area contributed by atoms with E-state index in [-0.39, 0.29) is 6.04 Å². The maximum absolute atomic E-state index is 5.20. The summed E-state index contributed by atoms with van der Waals surface area (Å²) < 4.78 is 5.20. The Morgan fingerprint density at radius 2 is 1.76 bits per heavy atom. The molecule has 0 aliphatic carbocycles. The third kappa shape index (κ3) is 4.38. The molecule has 2 rings (SSSR count). The number of ether oxygens (including phenoxy) is 1. The Labute approximate surface area is 127 Å². The van der Waals surface area contributed by atoms with E-state index >= 15 is 0 Å². The van der Waals surface area contributed by atoms with Crippen molar-refractivity contribution in [1.29, 1.82) is 0 Å². The van der Waals surface area contributed by atoms with Crippen molar-refractivity contribution in [2.75, 3.05) is 12.4 Å². The van der Waals surface area contributed by atoms with Crippen molar-refractivity contribution >= 4 is 5.69 Å². The van der Waals surface area contributed by atoms with E-state index in [4.69, 9.17) is 4.74 Å². The van der Waals surface area contributed by atoms with Crippen molar-refractivity contribution in [2.45, 2.75) is 19.4 Å². The zero-order chi connectivity index (χ0) is 15.1. The zero-order valence-electron chi connectivity index (χ0n) is 12.8. The highest BCUT2D eigenvalue weighted by Gasteiger charge is 2.13. The van der Waals surface area contributed by atoms with Crippen LogP contribution in [-0.2, 0) is 0 Å². The molecule has 2 aromatic carbocycles. The molecule has 0 unspecified atom stereocenters. The van der Waals surface area contributed by atoms with Gasteiger partial charge in [-0.3, -0.25) is 0 Å². The summed E-state index contributed by atoms with van der Waals surface area (Å²) >= 11 is 0. The van der Waals surface area contributed by atoms with Gasteiger partial charge >= 0.3 is 0 Å². The molecule has 2 aromatic rings. The number of hydrogen-bond donors (Lipinski definition) is 1. The van der Waals surface area contributed by atoms with Crippen LogP contribution in [0.1, 0.15) is 24.9 Å². The van der Waals surface area contributed by atoms with Crippen LogP contribution >= 0.6 is 0 Å². The molecular formula is C19H23NO. The first kappa shape index (κ1) is 15.2. The molecule has 0 amide bonds. The second-order valence-electron chi connectivity index (χ2n) is 5.28. The van der Waals surface area contributed by atoms with Gasteiger partial charge < -0.3 is 10.1 Å². The SMILES string of the molecule is C=C[C@H](C)C[C@H](Nc1ccc(OC)cc1)c1ccccc1. The highest BCUT2D eigenvalue weighted by molar-refractivity contribution is 5.48. The molecule has 0 aromatic heterocycles. The number of anilines is 1. The fourth-order valence-corrected chi connectivity index (χ4v) is 2.32. The van der Waals surface area contributed by atoms with E-state index in [0.717, 1.165) is 17.9 Å². The molecule has 0 radical (unpaired) electrons. The summed E-state index contributed by atoms with van der Waals surface area (Å²) in [5.41, 5.74) is 2.39. The van der Waals surface area contributed by atoms with E-state index in [9.17, 15) is 0 Å². The monoisotopic (exact) mass is 281 g/mol. The van der Waals surface area contributed by atoms with Crippen molar-refractivity contribution in [3.8, 4) is 5.75 Å². The van der Waals surface area contributed by atoms with Crippen LogP contribution < -0.4 is 10.1 Å². The molecule has 110 valence electrons. The third-order valence-electron chi connectivity index (χ3n) is 3.64. The van der Waals surface area contributed by atoms with Gasteiger partial charge in [-0.1, -0.05) is 43.3 Å². The van der Waals surface area contributed by atoms with Crippen molar-refractivity contribution in [3.63, 3.8) is 0 Å². The van der Waals surface area contributed by atoms with Crippen molar-refractivity contribution in [3.05, 3.63) is 72.8 Å². The molecule has 2 atom stereocenters. The lowest BCUT2D eigenvalue weighted by Crippen LogP contribution is -2.13. The van der Waals surface area contributed by atoms with Gasteiger partial charge in [0, 0.05) is 5.69 Å². The van der Waals surface area contributed by atoms with E-state index in [2.05, 4.69) is 43.1 Å². The molecule has 0 saturated carbocycles. The quantitative estimate of drug-likeness (QED) is 0.716. The number of allylic oxidation sites excluding steroid dienone is 1. The minimum Gasteiger partial charge on any atom is -0.497 e. The highest BCUT2D eigenvalue weighted by Crippen LogP contribution is 2.27. The van der Waals surface area contributed by atoms with Gasteiger partial charge in [0.1, 0.15) is 5.75 Å². The lowest BCUT2D eigenvalue weighted by atomic mass is 9.95. The molecular weight excluding hydrogens is 258 g/mol. The maximum Gasteiger partial charge on any atom is 0.119 e. The molecule has 21 heavy (non-hydrogen) atoms. The van der Waals surface area contributed by atoms with Gasteiger partial charge in [-0.25, -0.2) is 0 Å². The van der Waals surface area contributed by atoms with Crippen molar-refractivity contribution in [1.82, 2.24) is 0 Å². The average molecular weight is 281 g/mol. The van der Waals surface area contributed by atoms with Gasteiger partial charge in [0.05, 0.1) is 13.2 Å². The maximum atomic E-state index is 5.20. The second kappa shape index (κ2) is 7.53. The molecule has 2 heteroatoms. The number of methoxy groups -OCH3 is 1. The molecule has 0 heterocycles. The summed E-state index contributed by atoms with van der Waals surface area (Å²) in [4.78, 5) is 0. The summed E-state index contributed by atoms with van der Waals surface area (Å²) in [6, 6.07) is 18.8. The van der Waals surface area contributed by atoms with E-state index in [1.807, 2.05) is 36.4 Å². The van der Waals surface area contributed by atoms with Gasteiger partial charge in [0.2, 0.25) is 0 Å². The molecule has 1 N–H and O–H groups in total. The number of hydrogen-bond acceptors (Lipinski definition) is 2. The van der Waals surface area contributed by atoms with Gasteiger partial charge in [-0.2, -0.15) is 0 Å². The highest BCUT2D eigenvalue weighted by atomic mass is 16.5. The van der Waals surface area contributed by atoms with Crippen molar-refractivity contribution < 1.29 is 4.74 Å². The smallest absolute Gasteiger partial charge is 0.119 e. The standard InChI is InChI=1S/C19H23NO/c1-4-15(2)14-19(16-8-6-5-7-9-16)20-17-10-12-18(21-3)13-11-17/h4-13,15,19-20H,1,14H2,2-3H3/t15-,19-/m0/s1. The first-order chi connectivity index (χ1) is 10.2. The summed E-state index contributed by atoms with van der Waals surface area (Å²) in [6.07, 6.45) is 3.02. The molecule has 0 bridgehead atoms. The molecule has 0 aliphatic heterocycles. The van der Waals surface area contributed by atoms with Crippen LogP contribution in [0.2, 0.25) is 0 Å². The largest absolute Gasteiger partial charge is 0.497 e. The summed E-state index contributed by atoms with van der Waals surface area (Å²) in [5, 5.41) is 3.61. The summed E-state index contributed by atoms with van der Waals surface area (Å²) in [5.74, 6) is 1.33. The number of benzene rings is 2. The lowest BCUT2D eigenvalue weighted by Gasteiger charge is -2.22. The van der Waals surface area contributed by atoms with Gasteiger partial charge in [-0.05, 0) is 42.2 Å². The Hall–Kier alpha value is -2.22. The fourth-order valence-electron chi connectivity index (χ4n) is 2.32. The first-order valence-electron chi connectivity index (χ1n) is 7.31. The Morgan fingerprint density at radius 1 is 1.10 bits per heavy atom. The van der Waals surface area contributed by atoms with Crippen LogP contribution in [0.4, 0.5) is 5.69 Å². The summed E-state index contributed by atoms with van der Waals surface area (Å²) in [7, 11) is 1.68. The first-order valence-corrected chi connectivity index (χ1v) is 7.31. The van der Waals surface area contributed by atoms with Gasteiger partial charge in [0.15, 0.2) is 0 Å². The predicted molar refractivity (Wildman–Crippen MR) is 89.8 cm³/mol. The minimum absolute atomic E-state index is 0.271. The van der Waals surface area contributed by atoms with Crippen LogP contribution in [-0.4, -0.2) is 7.11 Å². The summed E-state index contributed by atoms with van der Waals surface area (Å²) in [6.45, 7) is 6.09. The normalized spacial score (nSPS) is 13.2. The molecule has 0 saturated heterocycles. The van der Waals surface area contributed by atoms with Crippen molar-refractivity contribution in [2.24, 2.45) is 5.92 Å². The van der Waals surface area contributed by atoms with E-state index in [1.165, 1.54) is 5.56 Å². The molecule has 0 aliphatic rings. The lowest BCUT2D eigenvalue weighted by molar-refractivity contribution is 0.415. The molecule has 0 fully saturated rings. The van der Waals surface area contributed by atoms with Crippen LogP contribution in [0.3, 0.4) is 0 Å². The van der Waals surface area contributed by atoms with Crippen LogP contribution in [0.5, 0.6) is 5.75 Å².